The van der Waals surface area contributed by atoms with Gasteiger partial charge in [-0.1, -0.05) is 11.8 Å². The fraction of sp³-hybridized carbons (Fsp3) is 0.400. The molecule has 2 heterocycles. The molecule has 0 aliphatic heterocycles. The van der Waals surface area contributed by atoms with Crippen LogP contribution in [0.2, 0.25) is 0 Å². The maximum Gasteiger partial charge on any atom is 0.417 e. The summed E-state index contributed by atoms with van der Waals surface area (Å²) in [5, 5.41) is 8.07. The van der Waals surface area contributed by atoms with Crippen molar-refractivity contribution < 1.29 is 17.9 Å². The molecule has 0 saturated heterocycles. The van der Waals surface area contributed by atoms with Gasteiger partial charge in [0.05, 0.1) is 12.2 Å². The van der Waals surface area contributed by atoms with Crippen LogP contribution in [0.3, 0.4) is 0 Å². The minimum absolute atomic E-state index is 0.392. The molecule has 0 unspecified atom stereocenters. The molecule has 0 radical (unpaired) electrons. The Morgan fingerprint density at radius 2 is 2.11 bits per heavy atom. The van der Waals surface area contributed by atoms with Gasteiger partial charge in [-0.05, 0) is 12.1 Å². The van der Waals surface area contributed by atoms with E-state index in [1.54, 1.807) is 7.11 Å². The van der Waals surface area contributed by atoms with Crippen LogP contribution in [-0.2, 0) is 10.9 Å². The highest BCUT2D eigenvalue weighted by Gasteiger charge is 2.31. The monoisotopic (exact) mass is 277 g/mol. The summed E-state index contributed by atoms with van der Waals surface area (Å²) in [5.41, 5.74) is -0.327. The summed E-state index contributed by atoms with van der Waals surface area (Å²) in [6.07, 6.45) is -3.36. The van der Waals surface area contributed by atoms with E-state index in [0.717, 1.165) is 12.3 Å². The van der Waals surface area contributed by atoms with Gasteiger partial charge in [0.1, 0.15) is 0 Å². The van der Waals surface area contributed by atoms with Gasteiger partial charge in [-0.25, -0.2) is 0 Å². The molecule has 0 spiro atoms. The lowest BCUT2D eigenvalue weighted by atomic mass is 10.3. The Balaban J connectivity index is 2.31. The maximum absolute atomic E-state index is 12.6. The number of aromatic nitrogens is 3. The molecule has 0 aromatic carbocycles. The second-order valence-electron chi connectivity index (χ2n) is 3.47. The minimum Gasteiger partial charge on any atom is -0.384 e. The number of methoxy groups -OCH3 is 1. The van der Waals surface area contributed by atoms with Crippen LogP contribution in [0.5, 0.6) is 0 Å². The molecule has 8 heteroatoms. The van der Waals surface area contributed by atoms with Crippen LogP contribution in [0.25, 0.3) is 5.65 Å². The largest absolute Gasteiger partial charge is 0.417 e. The first kappa shape index (κ1) is 13.2. The number of alkyl halides is 3. The fourth-order valence-electron chi connectivity index (χ4n) is 1.35. The third-order valence-corrected chi connectivity index (χ3v) is 3.12. The number of thioether (sulfide) groups is 1. The zero-order chi connectivity index (χ0) is 13.2. The average Bonchev–Trinajstić information content (AvgIpc) is 2.71. The molecule has 0 atom stereocenters. The third kappa shape index (κ3) is 2.75. The molecule has 4 nitrogen and oxygen atoms in total. The second kappa shape index (κ2) is 5.15. The maximum atomic E-state index is 12.6. The molecule has 0 bridgehead atoms. The van der Waals surface area contributed by atoms with Gasteiger partial charge in [0, 0.05) is 19.1 Å². The summed E-state index contributed by atoms with van der Waals surface area (Å²) in [4.78, 5) is 0. The van der Waals surface area contributed by atoms with Gasteiger partial charge in [-0.2, -0.15) is 13.2 Å². The molecular formula is C10H10F3N3OS. The third-order valence-electron chi connectivity index (χ3n) is 2.22. The van der Waals surface area contributed by atoms with E-state index in [9.17, 15) is 13.2 Å². The van der Waals surface area contributed by atoms with E-state index in [1.807, 2.05) is 0 Å². The molecule has 2 rings (SSSR count). The van der Waals surface area contributed by atoms with Gasteiger partial charge in [0.2, 0.25) is 0 Å². The molecule has 0 aliphatic carbocycles. The topological polar surface area (TPSA) is 39.4 Å². The normalized spacial score (nSPS) is 12.2. The highest BCUT2D eigenvalue weighted by Crippen LogP contribution is 2.30. The smallest absolute Gasteiger partial charge is 0.384 e. The Morgan fingerprint density at radius 3 is 2.78 bits per heavy atom. The Kier molecular flexibility index (Phi) is 3.76. The van der Waals surface area contributed by atoms with E-state index in [4.69, 9.17) is 4.74 Å². The summed E-state index contributed by atoms with van der Waals surface area (Å²) in [5.74, 6) is 0.605. The van der Waals surface area contributed by atoms with E-state index in [2.05, 4.69) is 10.2 Å². The van der Waals surface area contributed by atoms with Gasteiger partial charge in [-0.3, -0.25) is 4.40 Å². The quantitative estimate of drug-likeness (QED) is 0.636. The molecule has 0 N–H and O–H groups in total. The summed E-state index contributed by atoms with van der Waals surface area (Å²) in [6, 6.07) is 2.30. The summed E-state index contributed by atoms with van der Waals surface area (Å²) in [7, 11) is 1.56. The van der Waals surface area contributed by atoms with Crippen molar-refractivity contribution in [2.45, 2.75) is 11.3 Å². The number of fused-ring (bicyclic) bond motifs is 1. The van der Waals surface area contributed by atoms with Crippen LogP contribution in [-0.4, -0.2) is 34.1 Å². The van der Waals surface area contributed by atoms with E-state index < -0.39 is 11.7 Å². The molecule has 18 heavy (non-hydrogen) atoms. The molecule has 0 aliphatic rings. The Morgan fingerprint density at radius 1 is 1.33 bits per heavy atom. The molecule has 0 saturated carbocycles. The number of rotatable bonds is 4. The predicted molar refractivity (Wildman–Crippen MR) is 60.6 cm³/mol. The fourth-order valence-corrected chi connectivity index (χ4v) is 2.17. The lowest BCUT2D eigenvalue weighted by Gasteiger charge is -2.07. The zero-order valence-electron chi connectivity index (χ0n) is 9.44. The average molecular weight is 277 g/mol. The molecule has 2 aromatic rings. The van der Waals surface area contributed by atoms with Gasteiger partial charge in [0.25, 0.3) is 0 Å². The van der Waals surface area contributed by atoms with Crippen LogP contribution in [0.4, 0.5) is 13.2 Å². The standard InChI is InChI=1S/C10H10F3N3OS/c1-17-4-5-18-9-15-14-8-3-2-7(6-16(8)9)10(11,12)13/h2-3,6H,4-5H2,1H3. The predicted octanol–water partition coefficient (Wildman–Crippen LogP) is 2.49. The van der Waals surface area contributed by atoms with Gasteiger partial charge < -0.3 is 4.74 Å². The van der Waals surface area contributed by atoms with E-state index in [0.29, 0.717) is 23.2 Å². The van der Waals surface area contributed by atoms with Crippen molar-refractivity contribution in [2.24, 2.45) is 0 Å². The van der Waals surface area contributed by atoms with Crippen LogP contribution in [0.1, 0.15) is 5.56 Å². The Labute approximate surface area is 105 Å². The van der Waals surface area contributed by atoms with Gasteiger partial charge in [-0.15, -0.1) is 10.2 Å². The number of halogens is 3. The number of hydrogen-bond donors (Lipinski definition) is 0. The van der Waals surface area contributed by atoms with Crippen LogP contribution >= 0.6 is 11.8 Å². The number of nitrogens with zero attached hydrogens (tertiary/aromatic N) is 3. The lowest BCUT2D eigenvalue weighted by Crippen LogP contribution is -2.06. The molecule has 2 aromatic heterocycles. The minimum atomic E-state index is -4.37. The van der Waals surface area contributed by atoms with Gasteiger partial charge in [0.15, 0.2) is 10.8 Å². The lowest BCUT2D eigenvalue weighted by molar-refractivity contribution is -0.137. The van der Waals surface area contributed by atoms with Crippen molar-refractivity contribution in [3.63, 3.8) is 0 Å². The molecule has 0 fully saturated rings. The highest BCUT2D eigenvalue weighted by atomic mass is 32.2. The number of ether oxygens (including phenoxy) is 1. The van der Waals surface area contributed by atoms with Crippen LogP contribution in [0, 0.1) is 0 Å². The zero-order valence-corrected chi connectivity index (χ0v) is 10.3. The summed E-state index contributed by atoms with van der Waals surface area (Å²) in [6.45, 7) is 0.499. The Bertz CT molecular complexity index is 541. The van der Waals surface area contributed by atoms with Gasteiger partial charge >= 0.3 is 6.18 Å². The second-order valence-corrected chi connectivity index (χ2v) is 4.53. The number of hydrogen-bond acceptors (Lipinski definition) is 4. The van der Waals surface area contributed by atoms with Crippen LogP contribution in [0.15, 0.2) is 23.5 Å². The molecule has 0 amide bonds. The SMILES string of the molecule is COCCSc1nnc2ccc(C(F)(F)F)cn12. The number of pyridine rings is 1. The van der Waals surface area contributed by atoms with Crippen molar-refractivity contribution in [1.82, 2.24) is 14.6 Å². The first-order chi connectivity index (χ1) is 8.52. The summed E-state index contributed by atoms with van der Waals surface area (Å²) < 4.78 is 43.9. The van der Waals surface area contributed by atoms with Crippen molar-refractivity contribution in [3.8, 4) is 0 Å². The first-order valence-electron chi connectivity index (χ1n) is 5.06. The van der Waals surface area contributed by atoms with E-state index >= 15 is 0 Å². The van der Waals surface area contributed by atoms with Crippen molar-refractivity contribution in [3.05, 3.63) is 23.9 Å². The van der Waals surface area contributed by atoms with Crippen molar-refractivity contribution >= 4 is 17.4 Å². The first-order valence-corrected chi connectivity index (χ1v) is 6.04. The van der Waals surface area contributed by atoms with Crippen molar-refractivity contribution in [2.75, 3.05) is 19.5 Å². The summed E-state index contributed by atoms with van der Waals surface area (Å²) >= 11 is 1.30. The Hall–Kier alpha value is -1.28. The van der Waals surface area contributed by atoms with E-state index in [-0.39, 0.29) is 0 Å². The van der Waals surface area contributed by atoms with E-state index in [1.165, 1.54) is 22.2 Å². The molecule has 98 valence electrons. The highest BCUT2D eigenvalue weighted by molar-refractivity contribution is 7.99. The molecular weight excluding hydrogens is 267 g/mol. The van der Waals surface area contributed by atoms with Crippen molar-refractivity contribution in [1.29, 1.82) is 0 Å². The van der Waals surface area contributed by atoms with Crippen LogP contribution < -0.4 is 0 Å².